The molecule has 0 atom stereocenters. The minimum Gasteiger partial charge on any atom is -0.366 e. The Balaban J connectivity index is 1.52. The average molecular weight is 430 g/mol. The van der Waals surface area contributed by atoms with E-state index in [1.807, 2.05) is 29.2 Å². The molecule has 4 rings (SSSR count). The number of non-ortho nitro benzene ring substituents is 1. The van der Waals surface area contributed by atoms with E-state index >= 15 is 0 Å². The van der Waals surface area contributed by atoms with Gasteiger partial charge in [-0.1, -0.05) is 36.4 Å². The van der Waals surface area contributed by atoms with Gasteiger partial charge >= 0.3 is 0 Å². The van der Waals surface area contributed by atoms with Gasteiger partial charge in [-0.25, -0.2) is 0 Å². The van der Waals surface area contributed by atoms with Crippen LogP contribution in [-0.4, -0.2) is 47.8 Å². The Morgan fingerprint density at radius 3 is 2.00 bits per heavy atom. The molecule has 0 saturated carbocycles. The molecule has 0 radical (unpaired) electrons. The van der Waals surface area contributed by atoms with Gasteiger partial charge in [-0.2, -0.15) is 0 Å². The predicted octanol–water partition coefficient (Wildman–Crippen LogP) is 3.81. The van der Waals surface area contributed by atoms with Crippen LogP contribution >= 0.6 is 0 Å². The van der Waals surface area contributed by atoms with Gasteiger partial charge in [0.2, 0.25) is 0 Å². The Hall–Kier alpha value is -4.20. The minimum atomic E-state index is -0.488. The molecule has 8 heteroatoms. The predicted molar refractivity (Wildman–Crippen MR) is 122 cm³/mol. The van der Waals surface area contributed by atoms with Crippen molar-refractivity contribution in [3.05, 3.63) is 100 Å². The zero-order valence-corrected chi connectivity index (χ0v) is 17.3. The second kappa shape index (κ2) is 9.30. The van der Waals surface area contributed by atoms with E-state index in [0.717, 1.165) is 0 Å². The summed E-state index contributed by atoms with van der Waals surface area (Å²) in [7, 11) is 0. The lowest BCUT2D eigenvalue weighted by Crippen LogP contribution is -2.49. The van der Waals surface area contributed by atoms with Gasteiger partial charge in [-0.05, 0) is 30.3 Å². The third kappa shape index (κ3) is 4.59. The first-order valence-electron chi connectivity index (χ1n) is 10.3. The highest BCUT2D eigenvalue weighted by molar-refractivity contribution is 6.06. The molecule has 8 nitrogen and oxygen atoms in total. The van der Waals surface area contributed by atoms with Gasteiger partial charge in [-0.3, -0.25) is 19.7 Å². The lowest BCUT2D eigenvalue weighted by Gasteiger charge is -2.37. The summed E-state index contributed by atoms with van der Waals surface area (Å²) in [6, 6.07) is 22.3. The molecular weight excluding hydrogens is 408 g/mol. The molecule has 1 saturated heterocycles. The van der Waals surface area contributed by atoms with Crippen molar-refractivity contribution in [3.8, 4) is 0 Å². The van der Waals surface area contributed by atoms with Gasteiger partial charge < -0.3 is 15.1 Å². The van der Waals surface area contributed by atoms with Gasteiger partial charge in [0, 0.05) is 49.4 Å². The molecule has 162 valence electrons. The minimum absolute atomic E-state index is 0.0217. The molecule has 0 bridgehead atoms. The standard InChI is InChI=1S/C24H22N4O4/c29-23(18-7-3-1-4-8-18)25-21-17-20(28(31)32)11-12-22(21)26-13-15-27(16-14-26)24(30)19-9-5-2-6-10-19/h1-12,17H,13-16H2,(H,25,29). The zero-order valence-electron chi connectivity index (χ0n) is 17.3. The molecule has 1 aliphatic heterocycles. The molecule has 3 aromatic carbocycles. The molecule has 1 heterocycles. The fourth-order valence-electron chi connectivity index (χ4n) is 3.71. The number of nitrogens with one attached hydrogen (secondary N) is 1. The summed E-state index contributed by atoms with van der Waals surface area (Å²) < 4.78 is 0. The van der Waals surface area contributed by atoms with Crippen LogP contribution in [0.2, 0.25) is 0 Å². The van der Waals surface area contributed by atoms with E-state index in [9.17, 15) is 19.7 Å². The fourth-order valence-corrected chi connectivity index (χ4v) is 3.71. The summed E-state index contributed by atoms with van der Waals surface area (Å²) >= 11 is 0. The fraction of sp³-hybridized carbons (Fsp3) is 0.167. The van der Waals surface area contributed by atoms with Crippen LogP contribution in [0.5, 0.6) is 0 Å². The topological polar surface area (TPSA) is 95.8 Å². The average Bonchev–Trinajstić information content (AvgIpc) is 2.84. The number of rotatable bonds is 5. The van der Waals surface area contributed by atoms with Crippen LogP contribution in [0, 0.1) is 10.1 Å². The second-order valence-electron chi connectivity index (χ2n) is 7.42. The Morgan fingerprint density at radius 1 is 0.812 bits per heavy atom. The van der Waals surface area contributed by atoms with Crippen molar-refractivity contribution in [2.45, 2.75) is 0 Å². The molecule has 0 spiro atoms. The first-order valence-corrected chi connectivity index (χ1v) is 10.3. The summed E-state index contributed by atoms with van der Waals surface area (Å²) in [5, 5.41) is 14.1. The Labute approximate surface area is 185 Å². The van der Waals surface area contributed by atoms with E-state index in [0.29, 0.717) is 48.7 Å². The molecule has 0 aliphatic carbocycles. The van der Waals surface area contributed by atoms with Crippen molar-refractivity contribution in [1.82, 2.24) is 4.90 Å². The number of benzene rings is 3. The molecule has 1 N–H and O–H groups in total. The maximum absolute atomic E-state index is 12.7. The second-order valence-corrected chi connectivity index (χ2v) is 7.42. The quantitative estimate of drug-likeness (QED) is 0.491. The monoisotopic (exact) mass is 430 g/mol. The van der Waals surface area contributed by atoms with E-state index in [1.54, 1.807) is 47.4 Å². The molecule has 0 aromatic heterocycles. The molecule has 1 fully saturated rings. The molecular formula is C24H22N4O4. The van der Waals surface area contributed by atoms with E-state index in [4.69, 9.17) is 0 Å². The van der Waals surface area contributed by atoms with E-state index in [-0.39, 0.29) is 17.5 Å². The largest absolute Gasteiger partial charge is 0.366 e. The highest BCUT2D eigenvalue weighted by atomic mass is 16.6. The van der Waals surface area contributed by atoms with Gasteiger partial charge in [0.05, 0.1) is 16.3 Å². The third-order valence-corrected chi connectivity index (χ3v) is 5.40. The Morgan fingerprint density at radius 2 is 1.41 bits per heavy atom. The summed E-state index contributed by atoms with van der Waals surface area (Å²) in [4.78, 5) is 40.0. The van der Waals surface area contributed by atoms with Gasteiger partial charge in [0.15, 0.2) is 0 Å². The highest BCUT2D eigenvalue weighted by Crippen LogP contribution is 2.31. The molecule has 0 unspecified atom stereocenters. The molecule has 3 aromatic rings. The molecule has 2 amide bonds. The van der Waals surface area contributed by atoms with Crippen molar-refractivity contribution >= 4 is 28.9 Å². The Kier molecular flexibility index (Phi) is 6.12. The van der Waals surface area contributed by atoms with Crippen LogP contribution in [0.4, 0.5) is 17.1 Å². The summed E-state index contributed by atoms with van der Waals surface area (Å²) in [6.45, 7) is 2.11. The maximum atomic E-state index is 12.7. The van der Waals surface area contributed by atoms with Crippen LogP contribution in [0.3, 0.4) is 0 Å². The number of nitro groups is 1. The first-order chi connectivity index (χ1) is 15.5. The summed E-state index contributed by atoms with van der Waals surface area (Å²) in [5.74, 6) is -0.364. The molecule has 32 heavy (non-hydrogen) atoms. The maximum Gasteiger partial charge on any atom is 0.271 e. The SMILES string of the molecule is O=C(Nc1cc([N+](=O)[O-])ccc1N1CCN(C(=O)c2ccccc2)CC1)c1ccccc1. The number of nitro benzene ring substituents is 1. The van der Waals surface area contributed by atoms with Gasteiger partial charge in [0.25, 0.3) is 17.5 Å². The first kappa shape index (κ1) is 21.0. The number of carbonyl (C=O) groups excluding carboxylic acids is 2. The highest BCUT2D eigenvalue weighted by Gasteiger charge is 2.25. The van der Waals surface area contributed by atoms with Crippen LogP contribution < -0.4 is 10.2 Å². The van der Waals surface area contributed by atoms with Crippen molar-refractivity contribution in [1.29, 1.82) is 0 Å². The van der Waals surface area contributed by atoms with E-state index < -0.39 is 4.92 Å². The zero-order chi connectivity index (χ0) is 22.5. The number of piperazine rings is 1. The van der Waals surface area contributed by atoms with Crippen LogP contribution in [0.15, 0.2) is 78.9 Å². The van der Waals surface area contributed by atoms with Crippen molar-refractivity contribution < 1.29 is 14.5 Å². The number of carbonyl (C=O) groups is 2. The van der Waals surface area contributed by atoms with Crippen molar-refractivity contribution in [3.63, 3.8) is 0 Å². The number of hydrogen-bond donors (Lipinski definition) is 1. The van der Waals surface area contributed by atoms with Crippen molar-refractivity contribution in [2.24, 2.45) is 0 Å². The number of hydrogen-bond acceptors (Lipinski definition) is 5. The number of amides is 2. The number of anilines is 2. The van der Waals surface area contributed by atoms with E-state index in [2.05, 4.69) is 5.32 Å². The smallest absolute Gasteiger partial charge is 0.271 e. The molecule has 1 aliphatic rings. The summed E-state index contributed by atoms with van der Waals surface area (Å²) in [6.07, 6.45) is 0. The van der Waals surface area contributed by atoms with E-state index in [1.165, 1.54) is 12.1 Å². The van der Waals surface area contributed by atoms with Crippen LogP contribution in [0.1, 0.15) is 20.7 Å². The third-order valence-electron chi connectivity index (χ3n) is 5.40. The Bertz CT molecular complexity index is 1130. The lowest BCUT2D eigenvalue weighted by molar-refractivity contribution is -0.384. The normalized spacial score (nSPS) is 13.5. The van der Waals surface area contributed by atoms with Crippen LogP contribution in [0.25, 0.3) is 0 Å². The van der Waals surface area contributed by atoms with Crippen LogP contribution in [-0.2, 0) is 0 Å². The summed E-state index contributed by atoms with van der Waals surface area (Å²) in [5.41, 5.74) is 2.06. The lowest BCUT2D eigenvalue weighted by atomic mass is 10.1. The number of nitrogens with zero attached hydrogens (tertiary/aromatic N) is 3. The van der Waals surface area contributed by atoms with Gasteiger partial charge in [-0.15, -0.1) is 0 Å². The van der Waals surface area contributed by atoms with Crippen molar-refractivity contribution in [2.75, 3.05) is 36.4 Å². The van der Waals surface area contributed by atoms with Gasteiger partial charge in [0.1, 0.15) is 0 Å².